The minimum atomic E-state index is -3.94. The second-order valence-electron chi connectivity index (χ2n) is 5.02. The predicted octanol–water partition coefficient (Wildman–Crippen LogP) is 1.09. The van der Waals surface area contributed by atoms with E-state index in [0.29, 0.717) is 5.75 Å². The zero-order valence-electron chi connectivity index (χ0n) is 13.0. The van der Waals surface area contributed by atoms with Gasteiger partial charge in [-0.3, -0.25) is 10.0 Å². The van der Waals surface area contributed by atoms with Crippen LogP contribution < -0.4 is 14.9 Å². The Balaban J connectivity index is 2.22. The average molecular weight is 350 g/mol. The van der Waals surface area contributed by atoms with Gasteiger partial charge in [-0.1, -0.05) is 30.3 Å². The van der Waals surface area contributed by atoms with Gasteiger partial charge in [0.25, 0.3) is 5.91 Å². The van der Waals surface area contributed by atoms with Crippen LogP contribution in [0.1, 0.15) is 5.56 Å². The molecule has 1 atom stereocenters. The van der Waals surface area contributed by atoms with Gasteiger partial charge in [0.2, 0.25) is 10.0 Å². The van der Waals surface area contributed by atoms with E-state index in [1.165, 1.54) is 36.9 Å². The van der Waals surface area contributed by atoms with Crippen LogP contribution in [0.4, 0.5) is 0 Å². The summed E-state index contributed by atoms with van der Waals surface area (Å²) in [5, 5.41) is 8.87. The van der Waals surface area contributed by atoms with Crippen LogP contribution in [0.25, 0.3) is 0 Å². The van der Waals surface area contributed by atoms with Crippen LogP contribution in [0.2, 0.25) is 0 Å². The molecular formula is C16H18N2O5S. The van der Waals surface area contributed by atoms with E-state index in [1.807, 2.05) is 6.07 Å². The highest BCUT2D eigenvalue weighted by molar-refractivity contribution is 7.89. The fourth-order valence-electron chi connectivity index (χ4n) is 2.13. The van der Waals surface area contributed by atoms with Crippen LogP contribution in [-0.4, -0.2) is 32.7 Å². The van der Waals surface area contributed by atoms with Crippen LogP contribution in [0.15, 0.2) is 59.5 Å². The fraction of sp³-hybridized carbons (Fsp3) is 0.188. The Kier molecular flexibility index (Phi) is 5.91. The van der Waals surface area contributed by atoms with Gasteiger partial charge in [-0.25, -0.2) is 13.9 Å². The molecule has 0 aliphatic rings. The molecule has 2 aromatic carbocycles. The number of benzene rings is 2. The van der Waals surface area contributed by atoms with E-state index in [1.54, 1.807) is 24.3 Å². The van der Waals surface area contributed by atoms with Crippen molar-refractivity contribution >= 4 is 15.9 Å². The number of sulfonamides is 1. The molecule has 3 N–H and O–H groups in total. The van der Waals surface area contributed by atoms with Gasteiger partial charge in [-0.2, -0.15) is 4.72 Å². The summed E-state index contributed by atoms with van der Waals surface area (Å²) < 4.78 is 32.2. The molecule has 1 amide bonds. The first-order chi connectivity index (χ1) is 11.5. The molecule has 0 radical (unpaired) electrons. The van der Waals surface area contributed by atoms with Gasteiger partial charge in [-0.15, -0.1) is 0 Å². The van der Waals surface area contributed by atoms with Crippen molar-refractivity contribution in [3.63, 3.8) is 0 Å². The van der Waals surface area contributed by atoms with Crippen molar-refractivity contribution in [1.29, 1.82) is 0 Å². The molecule has 8 heteroatoms. The summed E-state index contributed by atoms with van der Waals surface area (Å²) in [4.78, 5) is 11.8. The molecule has 0 aliphatic heterocycles. The summed E-state index contributed by atoms with van der Waals surface area (Å²) in [7, 11) is -2.46. The number of methoxy groups -OCH3 is 1. The second-order valence-corrected chi connectivity index (χ2v) is 6.73. The molecule has 24 heavy (non-hydrogen) atoms. The molecule has 0 aliphatic carbocycles. The van der Waals surface area contributed by atoms with E-state index in [0.717, 1.165) is 5.56 Å². The Bertz CT molecular complexity index is 776. The SMILES string of the molecule is COc1ccc(S(=O)(=O)NC(Cc2ccccc2)C(=O)NO)cc1. The molecule has 0 saturated carbocycles. The summed E-state index contributed by atoms with van der Waals surface area (Å²) >= 11 is 0. The summed E-state index contributed by atoms with van der Waals surface area (Å²) in [5.41, 5.74) is 2.24. The molecule has 0 aromatic heterocycles. The zero-order valence-corrected chi connectivity index (χ0v) is 13.8. The Morgan fingerprint density at radius 2 is 1.75 bits per heavy atom. The van der Waals surface area contributed by atoms with Crippen molar-refractivity contribution in [3.8, 4) is 5.75 Å². The molecular weight excluding hydrogens is 332 g/mol. The largest absolute Gasteiger partial charge is 0.497 e. The predicted molar refractivity (Wildman–Crippen MR) is 87.2 cm³/mol. The molecule has 0 saturated heterocycles. The van der Waals surface area contributed by atoms with Gasteiger partial charge in [0, 0.05) is 0 Å². The molecule has 0 bridgehead atoms. The maximum Gasteiger partial charge on any atom is 0.261 e. The van der Waals surface area contributed by atoms with E-state index in [4.69, 9.17) is 9.94 Å². The van der Waals surface area contributed by atoms with Crippen molar-refractivity contribution in [3.05, 3.63) is 60.2 Å². The molecule has 2 aromatic rings. The van der Waals surface area contributed by atoms with Gasteiger partial charge in [0.15, 0.2) is 0 Å². The van der Waals surface area contributed by atoms with E-state index >= 15 is 0 Å². The smallest absolute Gasteiger partial charge is 0.261 e. The number of carbonyl (C=O) groups excluding carboxylic acids is 1. The van der Waals surface area contributed by atoms with E-state index in [-0.39, 0.29) is 11.3 Å². The number of hydroxylamine groups is 1. The summed E-state index contributed by atoms with van der Waals surface area (Å²) in [6, 6.07) is 13.5. The maximum atomic E-state index is 12.4. The average Bonchev–Trinajstić information content (AvgIpc) is 2.61. The van der Waals surface area contributed by atoms with Crippen molar-refractivity contribution in [2.75, 3.05) is 7.11 Å². The molecule has 128 valence electrons. The Morgan fingerprint density at radius 3 is 2.29 bits per heavy atom. The van der Waals surface area contributed by atoms with Gasteiger partial charge < -0.3 is 4.74 Å². The van der Waals surface area contributed by atoms with Crippen molar-refractivity contribution in [1.82, 2.24) is 10.2 Å². The summed E-state index contributed by atoms with van der Waals surface area (Å²) in [5.74, 6) is -0.321. The highest BCUT2D eigenvalue weighted by atomic mass is 32.2. The zero-order chi connectivity index (χ0) is 17.6. The number of ether oxygens (including phenoxy) is 1. The highest BCUT2D eigenvalue weighted by Gasteiger charge is 2.25. The third-order valence-electron chi connectivity index (χ3n) is 3.38. The van der Waals surface area contributed by atoms with Crippen molar-refractivity contribution < 1.29 is 23.2 Å². The number of hydrogen-bond acceptors (Lipinski definition) is 5. The lowest BCUT2D eigenvalue weighted by Crippen LogP contribution is -2.47. The molecule has 2 rings (SSSR count). The number of carbonyl (C=O) groups is 1. The molecule has 0 heterocycles. The monoisotopic (exact) mass is 350 g/mol. The normalized spacial score (nSPS) is 12.4. The Hall–Kier alpha value is -2.42. The van der Waals surface area contributed by atoms with Gasteiger partial charge in [-0.05, 0) is 36.2 Å². The van der Waals surface area contributed by atoms with Crippen LogP contribution in [0.5, 0.6) is 5.75 Å². The minimum Gasteiger partial charge on any atom is -0.497 e. The summed E-state index contributed by atoms with van der Waals surface area (Å²) in [6.07, 6.45) is 0.0998. The van der Waals surface area contributed by atoms with Crippen LogP contribution in [0, 0.1) is 0 Å². The molecule has 0 spiro atoms. The lowest BCUT2D eigenvalue weighted by molar-refractivity contribution is -0.130. The van der Waals surface area contributed by atoms with Gasteiger partial charge >= 0.3 is 0 Å². The standard InChI is InChI=1S/C16H18N2O5S/c1-23-13-7-9-14(10-8-13)24(21,22)18-15(16(19)17-20)11-12-5-3-2-4-6-12/h2-10,15,18,20H,11H2,1H3,(H,17,19). The molecule has 7 nitrogen and oxygen atoms in total. The first-order valence-electron chi connectivity index (χ1n) is 7.10. The Morgan fingerprint density at radius 1 is 1.12 bits per heavy atom. The van der Waals surface area contributed by atoms with E-state index in [2.05, 4.69) is 4.72 Å². The topological polar surface area (TPSA) is 105 Å². The fourth-order valence-corrected chi connectivity index (χ4v) is 3.32. The number of rotatable bonds is 7. The van der Waals surface area contributed by atoms with Gasteiger partial charge in [0.1, 0.15) is 11.8 Å². The van der Waals surface area contributed by atoms with Crippen LogP contribution in [-0.2, 0) is 21.2 Å². The number of nitrogens with one attached hydrogen (secondary N) is 2. The lowest BCUT2D eigenvalue weighted by Gasteiger charge is -2.17. The minimum absolute atomic E-state index is 0.00731. The maximum absolute atomic E-state index is 12.4. The van der Waals surface area contributed by atoms with Gasteiger partial charge in [0.05, 0.1) is 12.0 Å². The highest BCUT2D eigenvalue weighted by Crippen LogP contribution is 2.16. The van der Waals surface area contributed by atoms with Crippen molar-refractivity contribution in [2.24, 2.45) is 0 Å². The lowest BCUT2D eigenvalue weighted by atomic mass is 10.1. The van der Waals surface area contributed by atoms with E-state index in [9.17, 15) is 13.2 Å². The summed E-state index contributed by atoms with van der Waals surface area (Å²) in [6.45, 7) is 0. The van der Waals surface area contributed by atoms with Crippen LogP contribution in [0.3, 0.4) is 0 Å². The first-order valence-corrected chi connectivity index (χ1v) is 8.59. The van der Waals surface area contributed by atoms with Crippen molar-refractivity contribution in [2.45, 2.75) is 17.4 Å². The third kappa shape index (κ3) is 4.54. The van der Waals surface area contributed by atoms with Crippen LogP contribution >= 0.6 is 0 Å². The molecule has 1 unspecified atom stereocenters. The van der Waals surface area contributed by atoms with E-state index < -0.39 is 22.0 Å². The Labute approximate surface area is 140 Å². The molecule has 0 fully saturated rings. The second kappa shape index (κ2) is 7.91. The number of amides is 1. The third-order valence-corrected chi connectivity index (χ3v) is 4.86. The first kappa shape index (κ1) is 17.9. The number of hydrogen-bond donors (Lipinski definition) is 3. The quantitative estimate of drug-likeness (QED) is 0.512.